The highest BCUT2D eigenvalue weighted by molar-refractivity contribution is 7.99. The molecule has 0 bridgehead atoms. The van der Waals surface area contributed by atoms with Crippen LogP contribution < -0.4 is 0 Å². The molecule has 0 amide bonds. The molecule has 0 aliphatic rings. The Morgan fingerprint density at radius 2 is 2.11 bits per heavy atom. The molecule has 0 spiro atoms. The zero-order valence-electron chi connectivity index (χ0n) is 9.91. The largest absolute Gasteiger partial charge is 0.416 e. The summed E-state index contributed by atoms with van der Waals surface area (Å²) in [6.45, 7) is 1.86. The van der Waals surface area contributed by atoms with Gasteiger partial charge in [0.25, 0.3) is 5.69 Å². The summed E-state index contributed by atoms with van der Waals surface area (Å²) in [6.07, 6.45) is -4.59. The Morgan fingerprint density at radius 3 is 2.58 bits per heavy atom. The van der Waals surface area contributed by atoms with Crippen LogP contribution in [0.15, 0.2) is 23.1 Å². The summed E-state index contributed by atoms with van der Waals surface area (Å²) >= 11 is 6.74. The van der Waals surface area contributed by atoms with E-state index in [2.05, 4.69) is 0 Å². The average Bonchev–Trinajstić information content (AvgIpc) is 2.34. The summed E-state index contributed by atoms with van der Waals surface area (Å²) < 4.78 is 37.5. The first-order valence-corrected chi connectivity index (χ1v) is 6.82. The van der Waals surface area contributed by atoms with E-state index >= 15 is 0 Å². The van der Waals surface area contributed by atoms with Crippen LogP contribution in [0.1, 0.15) is 12.5 Å². The van der Waals surface area contributed by atoms with Gasteiger partial charge < -0.3 is 0 Å². The fraction of sp³-hybridized carbons (Fsp3) is 0.455. The number of alkyl halides is 4. The smallest absolute Gasteiger partial charge is 0.258 e. The topological polar surface area (TPSA) is 43.1 Å². The van der Waals surface area contributed by atoms with Gasteiger partial charge in [-0.05, 0) is 18.1 Å². The van der Waals surface area contributed by atoms with E-state index in [1.807, 2.05) is 6.92 Å². The molecular weight excluding hydrogens is 303 g/mol. The molecule has 8 heteroatoms. The maximum Gasteiger partial charge on any atom is 0.416 e. The number of nitro groups is 1. The van der Waals surface area contributed by atoms with Crippen molar-refractivity contribution in [3.05, 3.63) is 33.9 Å². The molecule has 0 fully saturated rings. The van der Waals surface area contributed by atoms with Crippen molar-refractivity contribution in [2.75, 3.05) is 11.6 Å². The van der Waals surface area contributed by atoms with Crippen molar-refractivity contribution in [1.29, 1.82) is 0 Å². The second-order valence-corrected chi connectivity index (χ2v) is 5.38. The minimum atomic E-state index is -4.59. The van der Waals surface area contributed by atoms with Gasteiger partial charge in [0, 0.05) is 17.7 Å². The third kappa shape index (κ3) is 4.58. The first kappa shape index (κ1) is 16.1. The van der Waals surface area contributed by atoms with Crippen LogP contribution in [0.2, 0.25) is 0 Å². The molecule has 106 valence electrons. The van der Waals surface area contributed by atoms with Crippen LogP contribution in [0.5, 0.6) is 0 Å². The van der Waals surface area contributed by atoms with Crippen LogP contribution in [0.3, 0.4) is 0 Å². The third-order valence-electron chi connectivity index (χ3n) is 2.27. The van der Waals surface area contributed by atoms with Crippen molar-refractivity contribution >= 4 is 29.1 Å². The van der Waals surface area contributed by atoms with Crippen molar-refractivity contribution < 1.29 is 18.1 Å². The molecule has 1 aromatic rings. The van der Waals surface area contributed by atoms with Gasteiger partial charge in [-0.1, -0.05) is 6.92 Å². The van der Waals surface area contributed by atoms with E-state index < -0.39 is 22.4 Å². The molecule has 0 aliphatic carbocycles. The molecule has 0 radical (unpaired) electrons. The second kappa shape index (κ2) is 6.47. The highest BCUT2D eigenvalue weighted by Gasteiger charge is 2.33. The van der Waals surface area contributed by atoms with Crippen LogP contribution in [-0.4, -0.2) is 16.6 Å². The second-order valence-electron chi connectivity index (χ2n) is 4.01. The van der Waals surface area contributed by atoms with Gasteiger partial charge in [0.2, 0.25) is 0 Å². The Bertz CT molecular complexity index is 468. The van der Waals surface area contributed by atoms with Crippen molar-refractivity contribution in [3.63, 3.8) is 0 Å². The lowest BCUT2D eigenvalue weighted by molar-refractivity contribution is -0.388. The molecule has 1 unspecified atom stereocenters. The Kier molecular flexibility index (Phi) is 5.49. The summed E-state index contributed by atoms with van der Waals surface area (Å²) in [6, 6.07) is 2.54. The Morgan fingerprint density at radius 1 is 1.47 bits per heavy atom. The Hall–Kier alpha value is -0.950. The van der Waals surface area contributed by atoms with Crippen molar-refractivity contribution in [1.82, 2.24) is 0 Å². The lowest BCUT2D eigenvalue weighted by atomic mass is 10.2. The van der Waals surface area contributed by atoms with E-state index in [9.17, 15) is 23.3 Å². The van der Waals surface area contributed by atoms with Crippen LogP contribution in [0.4, 0.5) is 18.9 Å². The number of nitrogens with zero attached hydrogens (tertiary/aromatic N) is 1. The SMILES string of the molecule is CC(CCl)CSc1ccc(C(F)(F)F)cc1[N+](=O)[O-]. The highest BCUT2D eigenvalue weighted by atomic mass is 35.5. The van der Waals surface area contributed by atoms with Crippen LogP contribution in [-0.2, 0) is 6.18 Å². The lowest BCUT2D eigenvalue weighted by Crippen LogP contribution is -2.06. The lowest BCUT2D eigenvalue weighted by Gasteiger charge is -2.10. The van der Waals surface area contributed by atoms with E-state index in [1.54, 1.807) is 0 Å². The van der Waals surface area contributed by atoms with Crippen LogP contribution >= 0.6 is 23.4 Å². The highest BCUT2D eigenvalue weighted by Crippen LogP contribution is 2.37. The van der Waals surface area contributed by atoms with Crippen LogP contribution in [0.25, 0.3) is 0 Å². The van der Waals surface area contributed by atoms with Gasteiger partial charge in [-0.15, -0.1) is 23.4 Å². The van der Waals surface area contributed by atoms with Crippen molar-refractivity contribution in [2.24, 2.45) is 5.92 Å². The van der Waals surface area contributed by atoms with E-state index in [4.69, 9.17) is 11.6 Å². The van der Waals surface area contributed by atoms with Gasteiger partial charge in [0.15, 0.2) is 0 Å². The van der Waals surface area contributed by atoms with Gasteiger partial charge >= 0.3 is 6.18 Å². The minimum Gasteiger partial charge on any atom is -0.258 e. The Balaban J connectivity index is 3.02. The average molecular weight is 314 g/mol. The zero-order chi connectivity index (χ0) is 14.6. The fourth-order valence-corrected chi connectivity index (χ4v) is 2.50. The molecule has 0 N–H and O–H groups in total. The standard InChI is InChI=1S/C11H11ClF3NO2S/c1-7(5-12)6-19-10-3-2-8(11(13,14)15)4-9(10)16(17)18/h2-4,7H,5-6H2,1H3. The van der Waals surface area contributed by atoms with E-state index in [0.717, 1.165) is 23.9 Å². The van der Waals surface area contributed by atoms with Gasteiger partial charge in [-0.2, -0.15) is 13.2 Å². The normalized spacial score (nSPS) is 13.3. The van der Waals surface area contributed by atoms with Crippen LogP contribution in [0, 0.1) is 16.0 Å². The van der Waals surface area contributed by atoms with Gasteiger partial charge in [0.05, 0.1) is 15.4 Å². The first-order chi connectivity index (χ1) is 8.75. The molecule has 0 aliphatic heterocycles. The van der Waals surface area contributed by atoms with E-state index in [0.29, 0.717) is 17.7 Å². The maximum absolute atomic E-state index is 12.5. The predicted octanol–water partition coefficient (Wildman–Crippen LogP) is 4.58. The third-order valence-corrected chi connectivity index (χ3v) is 4.19. The molecular formula is C11H11ClF3NO2S. The summed E-state index contributed by atoms with van der Waals surface area (Å²) in [4.78, 5) is 10.2. The Labute approximate surface area is 117 Å². The number of benzene rings is 1. The number of halogens is 4. The van der Waals surface area contributed by atoms with Crippen molar-refractivity contribution in [3.8, 4) is 0 Å². The zero-order valence-corrected chi connectivity index (χ0v) is 11.5. The van der Waals surface area contributed by atoms with Gasteiger partial charge in [0.1, 0.15) is 0 Å². The summed E-state index contributed by atoms with van der Waals surface area (Å²) in [7, 11) is 0. The number of thioether (sulfide) groups is 1. The predicted molar refractivity (Wildman–Crippen MR) is 68.7 cm³/mol. The quantitative estimate of drug-likeness (QED) is 0.346. The van der Waals surface area contributed by atoms with E-state index in [1.165, 1.54) is 0 Å². The molecule has 0 saturated heterocycles. The van der Waals surface area contributed by atoms with Crippen molar-refractivity contribution in [2.45, 2.75) is 18.0 Å². The number of hydrogen-bond donors (Lipinski definition) is 0. The summed E-state index contributed by atoms with van der Waals surface area (Å²) in [5.41, 5.74) is -1.55. The molecule has 19 heavy (non-hydrogen) atoms. The number of hydrogen-bond acceptors (Lipinski definition) is 3. The first-order valence-electron chi connectivity index (χ1n) is 5.30. The monoisotopic (exact) mass is 313 g/mol. The summed E-state index contributed by atoms with van der Waals surface area (Å²) in [5, 5.41) is 10.8. The maximum atomic E-state index is 12.5. The molecule has 0 heterocycles. The molecule has 0 aromatic heterocycles. The van der Waals surface area contributed by atoms with Gasteiger partial charge in [-0.25, -0.2) is 0 Å². The molecule has 1 aromatic carbocycles. The molecule has 1 atom stereocenters. The minimum absolute atomic E-state index is 0.119. The molecule has 0 saturated carbocycles. The van der Waals surface area contributed by atoms with Gasteiger partial charge in [-0.3, -0.25) is 10.1 Å². The molecule has 3 nitrogen and oxygen atoms in total. The number of rotatable bonds is 5. The number of nitro benzene ring substituents is 1. The fourth-order valence-electron chi connectivity index (χ4n) is 1.24. The molecule has 1 rings (SSSR count). The summed E-state index contributed by atoms with van der Waals surface area (Å²) in [5.74, 6) is 1.02. The van der Waals surface area contributed by atoms with E-state index in [-0.39, 0.29) is 10.8 Å².